The number of hydrogen-bond donors (Lipinski definition) is 2. The molecule has 6 heteroatoms. The van der Waals surface area contributed by atoms with Crippen LogP contribution in [0.1, 0.15) is 28.9 Å². The van der Waals surface area contributed by atoms with Gasteiger partial charge in [-0.2, -0.15) is 0 Å². The lowest BCUT2D eigenvalue weighted by Crippen LogP contribution is -2.39. The van der Waals surface area contributed by atoms with Gasteiger partial charge in [0.1, 0.15) is 11.6 Å². The van der Waals surface area contributed by atoms with E-state index in [0.717, 1.165) is 11.6 Å². The summed E-state index contributed by atoms with van der Waals surface area (Å²) in [6.07, 6.45) is 0. The van der Waals surface area contributed by atoms with Gasteiger partial charge in [0.15, 0.2) is 0 Å². The van der Waals surface area contributed by atoms with Gasteiger partial charge in [0.25, 0.3) is 5.91 Å². The maximum atomic E-state index is 13.1. The van der Waals surface area contributed by atoms with Crippen LogP contribution in [0.25, 0.3) is 0 Å². The van der Waals surface area contributed by atoms with E-state index in [4.69, 9.17) is 0 Å². The monoisotopic (exact) mass is 330 g/mol. The molecular weight excluding hydrogens is 311 g/mol. The number of aromatic hydroxyl groups is 1. The molecule has 0 radical (unpaired) electrons. The highest BCUT2D eigenvalue weighted by Gasteiger charge is 2.18. The first-order valence-corrected chi connectivity index (χ1v) is 7.47. The zero-order valence-corrected chi connectivity index (χ0v) is 13.5. The molecule has 2 aromatic rings. The molecule has 0 unspecified atom stereocenters. The Morgan fingerprint density at radius 3 is 2.58 bits per heavy atom. The first-order valence-electron chi connectivity index (χ1n) is 7.47. The third-order valence-electron chi connectivity index (χ3n) is 3.81. The van der Waals surface area contributed by atoms with Crippen LogP contribution in [0.2, 0.25) is 0 Å². The molecule has 2 aromatic carbocycles. The summed E-state index contributed by atoms with van der Waals surface area (Å²) in [6, 6.07) is 11.6. The van der Waals surface area contributed by atoms with E-state index >= 15 is 0 Å². The summed E-state index contributed by atoms with van der Waals surface area (Å²) in [5.41, 5.74) is 0.939. The topological polar surface area (TPSA) is 69.6 Å². The molecule has 5 nitrogen and oxygen atoms in total. The summed E-state index contributed by atoms with van der Waals surface area (Å²) in [6.45, 7) is 1.62. The third kappa shape index (κ3) is 4.32. The highest BCUT2D eigenvalue weighted by atomic mass is 19.1. The predicted octanol–water partition coefficient (Wildman–Crippen LogP) is 2.48. The minimum atomic E-state index is -0.513. The molecule has 0 aliphatic rings. The summed E-state index contributed by atoms with van der Waals surface area (Å²) in [5, 5.41) is 12.0. The van der Waals surface area contributed by atoms with E-state index in [1.54, 1.807) is 31.3 Å². The second-order valence-electron chi connectivity index (χ2n) is 5.47. The van der Waals surface area contributed by atoms with Crippen LogP contribution < -0.4 is 5.32 Å². The fraction of sp³-hybridized carbons (Fsp3) is 0.222. The fourth-order valence-electron chi connectivity index (χ4n) is 2.24. The molecule has 0 heterocycles. The van der Waals surface area contributed by atoms with Crippen molar-refractivity contribution in [3.05, 3.63) is 65.5 Å². The van der Waals surface area contributed by atoms with Crippen molar-refractivity contribution in [2.75, 3.05) is 13.6 Å². The number of nitrogens with zero attached hydrogens (tertiary/aromatic N) is 1. The normalized spacial score (nSPS) is 11.6. The van der Waals surface area contributed by atoms with E-state index in [2.05, 4.69) is 5.32 Å². The Bertz CT molecular complexity index is 749. The quantitative estimate of drug-likeness (QED) is 0.885. The number of carbonyl (C=O) groups excluding carboxylic acids is 2. The smallest absolute Gasteiger partial charge is 0.251 e. The Kier molecular flexibility index (Phi) is 5.52. The van der Waals surface area contributed by atoms with Crippen LogP contribution in [0.5, 0.6) is 5.75 Å². The van der Waals surface area contributed by atoms with Crippen molar-refractivity contribution < 1.29 is 19.1 Å². The number of benzene rings is 2. The summed E-state index contributed by atoms with van der Waals surface area (Å²) < 4.78 is 13.1. The zero-order chi connectivity index (χ0) is 17.7. The minimum Gasteiger partial charge on any atom is -0.508 e. The number of nitrogens with one attached hydrogen (secondary N) is 1. The van der Waals surface area contributed by atoms with E-state index in [0.29, 0.717) is 0 Å². The van der Waals surface area contributed by atoms with E-state index in [-0.39, 0.29) is 29.8 Å². The van der Waals surface area contributed by atoms with Gasteiger partial charge in [0.05, 0.1) is 12.6 Å². The van der Waals surface area contributed by atoms with Crippen molar-refractivity contribution in [1.29, 1.82) is 0 Å². The van der Waals surface area contributed by atoms with Gasteiger partial charge in [0, 0.05) is 12.6 Å². The Morgan fingerprint density at radius 2 is 1.92 bits per heavy atom. The first-order chi connectivity index (χ1) is 11.4. The van der Waals surface area contributed by atoms with Crippen molar-refractivity contribution in [2.45, 2.75) is 13.0 Å². The maximum absolute atomic E-state index is 13.1. The van der Waals surface area contributed by atoms with Crippen LogP contribution in [-0.4, -0.2) is 35.4 Å². The van der Waals surface area contributed by atoms with Crippen molar-refractivity contribution in [3.63, 3.8) is 0 Å². The Labute approximate surface area is 139 Å². The van der Waals surface area contributed by atoms with Crippen LogP contribution in [0.4, 0.5) is 4.39 Å². The van der Waals surface area contributed by atoms with Crippen molar-refractivity contribution in [2.24, 2.45) is 0 Å². The molecule has 0 bridgehead atoms. The molecule has 0 saturated carbocycles. The summed E-state index contributed by atoms with van der Waals surface area (Å²) in [4.78, 5) is 25.6. The van der Waals surface area contributed by atoms with Gasteiger partial charge >= 0.3 is 0 Å². The van der Waals surface area contributed by atoms with E-state index < -0.39 is 11.7 Å². The maximum Gasteiger partial charge on any atom is 0.251 e. The lowest BCUT2D eigenvalue weighted by molar-refractivity contribution is -0.130. The Morgan fingerprint density at radius 1 is 1.21 bits per heavy atom. The number of carbonyl (C=O) groups is 2. The van der Waals surface area contributed by atoms with E-state index in [9.17, 15) is 19.1 Å². The van der Waals surface area contributed by atoms with E-state index in [1.165, 1.54) is 23.1 Å². The Balaban J connectivity index is 1.95. The lowest BCUT2D eigenvalue weighted by Gasteiger charge is -2.25. The van der Waals surface area contributed by atoms with Crippen molar-refractivity contribution >= 4 is 11.8 Å². The molecule has 0 aliphatic heterocycles. The van der Waals surface area contributed by atoms with Crippen molar-refractivity contribution in [1.82, 2.24) is 10.2 Å². The van der Waals surface area contributed by atoms with Gasteiger partial charge in [0.2, 0.25) is 5.91 Å². The van der Waals surface area contributed by atoms with E-state index in [1.807, 2.05) is 6.92 Å². The third-order valence-corrected chi connectivity index (χ3v) is 3.81. The molecule has 0 spiro atoms. The standard InChI is InChI=1S/C18H19FN2O3/c1-12(13-5-4-8-16(22)10-13)21(2)17(23)11-20-18(24)14-6-3-7-15(19)9-14/h3-10,12,22H,11H2,1-2H3,(H,20,24)/t12-/m1/s1. The molecule has 0 fully saturated rings. The van der Waals surface area contributed by atoms with Crippen molar-refractivity contribution in [3.8, 4) is 5.75 Å². The summed E-state index contributed by atoms with van der Waals surface area (Å²) in [5.74, 6) is -1.19. The van der Waals surface area contributed by atoms with Gasteiger partial charge in [-0.3, -0.25) is 9.59 Å². The number of halogens is 1. The van der Waals surface area contributed by atoms with Gasteiger partial charge < -0.3 is 15.3 Å². The average Bonchev–Trinajstić information content (AvgIpc) is 2.58. The minimum absolute atomic E-state index is 0.125. The molecular formula is C18H19FN2O3. The molecule has 24 heavy (non-hydrogen) atoms. The molecule has 0 aliphatic carbocycles. The number of phenols is 1. The zero-order valence-electron chi connectivity index (χ0n) is 13.5. The molecule has 2 rings (SSSR count). The highest BCUT2D eigenvalue weighted by molar-refractivity contribution is 5.96. The second-order valence-corrected chi connectivity index (χ2v) is 5.47. The second kappa shape index (κ2) is 7.59. The van der Waals surface area contributed by atoms with Crippen LogP contribution in [0, 0.1) is 5.82 Å². The average molecular weight is 330 g/mol. The predicted molar refractivity (Wildman–Crippen MR) is 88.0 cm³/mol. The van der Waals surface area contributed by atoms with Gasteiger partial charge in [-0.05, 0) is 42.8 Å². The summed E-state index contributed by atoms with van der Waals surface area (Å²) in [7, 11) is 1.62. The number of amides is 2. The number of likely N-dealkylation sites (N-methyl/N-ethyl adjacent to an activating group) is 1. The Hall–Kier alpha value is -2.89. The van der Waals surface area contributed by atoms with Crippen LogP contribution in [0.3, 0.4) is 0 Å². The van der Waals surface area contributed by atoms with Gasteiger partial charge in [-0.1, -0.05) is 18.2 Å². The first kappa shape index (κ1) is 17.5. The number of phenolic OH excluding ortho intramolecular Hbond substituents is 1. The fourth-order valence-corrected chi connectivity index (χ4v) is 2.24. The van der Waals surface area contributed by atoms with Crippen LogP contribution in [0.15, 0.2) is 48.5 Å². The molecule has 2 amide bonds. The van der Waals surface area contributed by atoms with Gasteiger partial charge in [-0.25, -0.2) is 4.39 Å². The summed E-state index contributed by atoms with van der Waals surface area (Å²) >= 11 is 0. The SMILES string of the molecule is C[C@H](c1cccc(O)c1)N(C)C(=O)CNC(=O)c1cccc(F)c1. The largest absolute Gasteiger partial charge is 0.508 e. The lowest BCUT2D eigenvalue weighted by atomic mass is 10.1. The highest BCUT2D eigenvalue weighted by Crippen LogP contribution is 2.22. The molecule has 2 N–H and O–H groups in total. The van der Waals surface area contributed by atoms with Crippen LogP contribution in [-0.2, 0) is 4.79 Å². The number of hydrogen-bond acceptors (Lipinski definition) is 3. The van der Waals surface area contributed by atoms with Crippen LogP contribution >= 0.6 is 0 Å². The molecule has 1 atom stereocenters. The molecule has 126 valence electrons. The molecule has 0 aromatic heterocycles. The number of rotatable bonds is 5. The molecule has 0 saturated heterocycles. The van der Waals surface area contributed by atoms with Gasteiger partial charge in [-0.15, -0.1) is 0 Å².